The van der Waals surface area contributed by atoms with Gasteiger partial charge in [0.2, 0.25) is 0 Å². The molecule has 0 aromatic carbocycles. The minimum Gasteiger partial charge on any atom is -0.394 e. The van der Waals surface area contributed by atoms with E-state index in [1.807, 2.05) is 0 Å². The van der Waals surface area contributed by atoms with Crippen molar-refractivity contribution in [3.8, 4) is 0 Å². The van der Waals surface area contributed by atoms with Gasteiger partial charge in [-0.05, 0) is 44.6 Å². The molecule has 3 heteroatoms. The van der Waals surface area contributed by atoms with Crippen LogP contribution in [0.15, 0.2) is 0 Å². The number of aliphatic hydroxyl groups excluding tert-OH is 1. The Morgan fingerprint density at radius 3 is 2.32 bits per heavy atom. The summed E-state index contributed by atoms with van der Waals surface area (Å²) in [6.45, 7) is 6.83. The van der Waals surface area contributed by atoms with Crippen LogP contribution in [0.3, 0.4) is 0 Å². The molecule has 0 aromatic rings. The highest BCUT2D eigenvalue weighted by Gasteiger charge is 2.45. The summed E-state index contributed by atoms with van der Waals surface area (Å²) in [6, 6.07) is 0.438. The predicted octanol–water partition coefficient (Wildman–Crippen LogP) is 2.25. The van der Waals surface area contributed by atoms with E-state index in [1.165, 1.54) is 45.1 Å². The Bertz CT molecular complexity index is 272. The molecule has 0 saturated heterocycles. The van der Waals surface area contributed by atoms with E-state index >= 15 is 0 Å². The van der Waals surface area contributed by atoms with Gasteiger partial charge in [0, 0.05) is 19.1 Å². The fraction of sp³-hybridized carbons (Fsp3) is 1.00. The zero-order chi connectivity index (χ0) is 13.9. The van der Waals surface area contributed by atoms with Gasteiger partial charge in [0.15, 0.2) is 0 Å². The van der Waals surface area contributed by atoms with Crippen molar-refractivity contribution in [3.63, 3.8) is 0 Å². The normalized spacial score (nSPS) is 24.3. The van der Waals surface area contributed by atoms with E-state index in [-0.39, 0.29) is 12.1 Å². The molecule has 0 bridgehead atoms. The SMILES string of the molecule is CC(C)NC(CO)(CN(C)CC1CCCC1)C1CC1. The summed E-state index contributed by atoms with van der Waals surface area (Å²) in [7, 11) is 2.23. The molecule has 0 aliphatic heterocycles. The summed E-state index contributed by atoms with van der Waals surface area (Å²) >= 11 is 0. The number of aliphatic hydroxyl groups is 1. The van der Waals surface area contributed by atoms with Crippen LogP contribution in [-0.4, -0.2) is 48.3 Å². The predicted molar refractivity (Wildman–Crippen MR) is 80.3 cm³/mol. The van der Waals surface area contributed by atoms with Crippen molar-refractivity contribution < 1.29 is 5.11 Å². The van der Waals surface area contributed by atoms with Crippen LogP contribution in [0.4, 0.5) is 0 Å². The van der Waals surface area contributed by atoms with Crippen molar-refractivity contribution in [2.75, 3.05) is 26.7 Å². The number of hydrogen-bond acceptors (Lipinski definition) is 3. The van der Waals surface area contributed by atoms with Gasteiger partial charge >= 0.3 is 0 Å². The molecule has 19 heavy (non-hydrogen) atoms. The third-order valence-electron chi connectivity index (χ3n) is 4.81. The van der Waals surface area contributed by atoms with E-state index in [0.717, 1.165) is 12.5 Å². The van der Waals surface area contributed by atoms with Crippen LogP contribution in [0.5, 0.6) is 0 Å². The van der Waals surface area contributed by atoms with E-state index in [9.17, 15) is 5.11 Å². The number of nitrogens with one attached hydrogen (secondary N) is 1. The molecule has 3 nitrogen and oxygen atoms in total. The van der Waals surface area contributed by atoms with Crippen LogP contribution in [0.1, 0.15) is 52.4 Å². The summed E-state index contributed by atoms with van der Waals surface area (Å²) in [5.74, 6) is 1.56. The zero-order valence-corrected chi connectivity index (χ0v) is 13.0. The van der Waals surface area contributed by atoms with Gasteiger partial charge in [0.25, 0.3) is 0 Å². The van der Waals surface area contributed by atoms with E-state index in [1.54, 1.807) is 0 Å². The first-order chi connectivity index (χ1) is 9.05. The average molecular weight is 268 g/mol. The molecule has 2 fully saturated rings. The molecular formula is C16H32N2O. The lowest BCUT2D eigenvalue weighted by atomic mass is 9.92. The lowest BCUT2D eigenvalue weighted by molar-refractivity contribution is 0.0877. The molecule has 0 radical (unpaired) electrons. The summed E-state index contributed by atoms with van der Waals surface area (Å²) < 4.78 is 0. The maximum absolute atomic E-state index is 9.96. The van der Waals surface area contributed by atoms with Crippen molar-refractivity contribution >= 4 is 0 Å². The highest BCUT2D eigenvalue weighted by molar-refractivity contribution is 5.03. The Balaban J connectivity index is 1.90. The molecule has 112 valence electrons. The van der Waals surface area contributed by atoms with E-state index < -0.39 is 0 Å². The van der Waals surface area contributed by atoms with Crippen LogP contribution >= 0.6 is 0 Å². The van der Waals surface area contributed by atoms with Gasteiger partial charge < -0.3 is 15.3 Å². The Hall–Kier alpha value is -0.120. The lowest BCUT2D eigenvalue weighted by Gasteiger charge is -2.39. The van der Waals surface area contributed by atoms with Crippen molar-refractivity contribution in [2.24, 2.45) is 11.8 Å². The Labute approximate surface area is 118 Å². The summed E-state index contributed by atoms with van der Waals surface area (Å²) in [5.41, 5.74) is -0.0679. The smallest absolute Gasteiger partial charge is 0.0628 e. The molecule has 0 amide bonds. The quantitative estimate of drug-likeness (QED) is 0.709. The van der Waals surface area contributed by atoms with Gasteiger partial charge in [0.05, 0.1) is 12.1 Å². The first kappa shape index (κ1) is 15.3. The molecule has 0 spiro atoms. The zero-order valence-electron chi connectivity index (χ0n) is 13.0. The molecular weight excluding hydrogens is 236 g/mol. The fourth-order valence-electron chi connectivity index (χ4n) is 3.91. The maximum atomic E-state index is 9.96. The first-order valence-electron chi connectivity index (χ1n) is 8.13. The van der Waals surface area contributed by atoms with Crippen molar-refractivity contribution in [1.82, 2.24) is 10.2 Å². The van der Waals surface area contributed by atoms with Crippen molar-refractivity contribution in [1.29, 1.82) is 0 Å². The van der Waals surface area contributed by atoms with Crippen LogP contribution in [0.25, 0.3) is 0 Å². The third kappa shape index (κ3) is 4.17. The van der Waals surface area contributed by atoms with Crippen LogP contribution in [-0.2, 0) is 0 Å². The number of likely N-dealkylation sites (N-methyl/N-ethyl adjacent to an activating group) is 1. The highest BCUT2D eigenvalue weighted by Crippen LogP contribution is 2.40. The Morgan fingerprint density at radius 1 is 1.21 bits per heavy atom. The second-order valence-electron chi connectivity index (χ2n) is 7.23. The second-order valence-corrected chi connectivity index (χ2v) is 7.23. The Morgan fingerprint density at radius 2 is 1.84 bits per heavy atom. The Kier molecular flexibility index (Phi) is 5.27. The van der Waals surface area contributed by atoms with Crippen LogP contribution < -0.4 is 5.32 Å². The number of nitrogens with zero attached hydrogens (tertiary/aromatic N) is 1. The van der Waals surface area contributed by atoms with Crippen LogP contribution in [0.2, 0.25) is 0 Å². The van der Waals surface area contributed by atoms with Crippen molar-refractivity contribution in [2.45, 2.75) is 64.0 Å². The van der Waals surface area contributed by atoms with Crippen molar-refractivity contribution in [3.05, 3.63) is 0 Å². The first-order valence-corrected chi connectivity index (χ1v) is 8.13. The summed E-state index contributed by atoms with van der Waals surface area (Å²) in [6.07, 6.45) is 8.18. The lowest BCUT2D eigenvalue weighted by Crippen LogP contribution is -2.59. The van der Waals surface area contributed by atoms with Gasteiger partial charge in [-0.1, -0.05) is 26.7 Å². The van der Waals surface area contributed by atoms with Gasteiger partial charge in [-0.15, -0.1) is 0 Å². The molecule has 1 unspecified atom stereocenters. The maximum Gasteiger partial charge on any atom is 0.0628 e. The van der Waals surface area contributed by atoms with Gasteiger partial charge in [-0.2, -0.15) is 0 Å². The van der Waals surface area contributed by atoms with E-state index in [4.69, 9.17) is 0 Å². The molecule has 0 heterocycles. The molecule has 2 rings (SSSR count). The van der Waals surface area contributed by atoms with Crippen LogP contribution in [0, 0.1) is 11.8 Å². The largest absolute Gasteiger partial charge is 0.394 e. The standard InChI is InChI=1S/C16H32N2O/c1-13(2)17-16(12-19,15-8-9-15)11-18(3)10-14-6-4-5-7-14/h13-15,17,19H,4-12H2,1-3H3. The van der Waals surface area contributed by atoms with E-state index in [0.29, 0.717) is 12.0 Å². The number of rotatable bonds is 8. The highest BCUT2D eigenvalue weighted by atomic mass is 16.3. The monoisotopic (exact) mass is 268 g/mol. The second kappa shape index (κ2) is 6.55. The molecule has 2 aliphatic carbocycles. The molecule has 0 aromatic heterocycles. The van der Waals surface area contributed by atoms with Gasteiger partial charge in [-0.25, -0.2) is 0 Å². The molecule has 2 N–H and O–H groups in total. The van der Waals surface area contributed by atoms with Gasteiger partial charge in [-0.3, -0.25) is 0 Å². The third-order valence-corrected chi connectivity index (χ3v) is 4.81. The van der Waals surface area contributed by atoms with Gasteiger partial charge in [0.1, 0.15) is 0 Å². The fourth-order valence-corrected chi connectivity index (χ4v) is 3.91. The minimum atomic E-state index is -0.0679. The summed E-state index contributed by atoms with van der Waals surface area (Å²) in [4.78, 5) is 2.46. The molecule has 2 saturated carbocycles. The van der Waals surface area contributed by atoms with E-state index in [2.05, 4.69) is 31.1 Å². The summed E-state index contributed by atoms with van der Waals surface area (Å²) in [5, 5.41) is 13.6. The molecule has 2 aliphatic rings. The average Bonchev–Trinajstić information content (AvgIpc) is 3.08. The number of hydrogen-bond donors (Lipinski definition) is 2. The molecule has 1 atom stereocenters. The topological polar surface area (TPSA) is 35.5 Å². The minimum absolute atomic E-state index is 0.0679.